The van der Waals surface area contributed by atoms with Gasteiger partial charge in [0.05, 0.1) is 0 Å². The molecular weight excluding hydrogens is 230 g/mol. The summed E-state index contributed by atoms with van der Waals surface area (Å²) in [4.78, 5) is 2.39. The molecule has 19 heavy (non-hydrogen) atoms. The Kier molecular flexibility index (Phi) is 3.58. The van der Waals surface area contributed by atoms with Crippen molar-refractivity contribution in [2.45, 2.75) is 46.1 Å². The van der Waals surface area contributed by atoms with E-state index in [0.29, 0.717) is 6.04 Å². The van der Waals surface area contributed by atoms with Crippen molar-refractivity contribution in [2.24, 2.45) is 0 Å². The molecule has 0 saturated carbocycles. The highest BCUT2D eigenvalue weighted by Crippen LogP contribution is 2.38. The van der Waals surface area contributed by atoms with Crippen LogP contribution in [0.25, 0.3) is 10.8 Å². The molecule has 0 saturated heterocycles. The third-order valence-corrected chi connectivity index (χ3v) is 3.84. The monoisotopic (exact) mass is 255 g/mol. The molecule has 2 aromatic rings. The number of rotatable bonds is 2. The van der Waals surface area contributed by atoms with E-state index in [4.69, 9.17) is 0 Å². The van der Waals surface area contributed by atoms with Gasteiger partial charge < -0.3 is 4.90 Å². The molecule has 0 heterocycles. The number of fused-ring (bicyclic) bond motifs is 1. The Labute approximate surface area is 117 Å². The van der Waals surface area contributed by atoms with Gasteiger partial charge in [0.2, 0.25) is 0 Å². The van der Waals surface area contributed by atoms with Crippen LogP contribution in [0.4, 0.5) is 5.69 Å². The molecule has 2 aromatic carbocycles. The summed E-state index contributed by atoms with van der Waals surface area (Å²) < 4.78 is 0. The van der Waals surface area contributed by atoms with E-state index in [-0.39, 0.29) is 5.41 Å². The first kappa shape index (κ1) is 13.9. The number of hydrogen-bond acceptors (Lipinski definition) is 1. The normalized spacial score (nSPS) is 12.2. The maximum absolute atomic E-state index is 2.39. The quantitative estimate of drug-likeness (QED) is 0.731. The first-order chi connectivity index (χ1) is 8.82. The molecule has 0 fully saturated rings. The van der Waals surface area contributed by atoms with Gasteiger partial charge in [0.25, 0.3) is 0 Å². The third-order valence-electron chi connectivity index (χ3n) is 3.84. The Morgan fingerprint density at radius 1 is 0.947 bits per heavy atom. The average molecular weight is 255 g/mol. The van der Waals surface area contributed by atoms with Crippen molar-refractivity contribution in [1.29, 1.82) is 0 Å². The van der Waals surface area contributed by atoms with Crippen LogP contribution in [0.2, 0.25) is 0 Å². The van der Waals surface area contributed by atoms with Crippen LogP contribution in [-0.2, 0) is 5.41 Å². The fraction of sp³-hybridized carbons (Fsp3) is 0.444. The topological polar surface area (TPSA) is 3.24 Å². The van der Waals surface area contributed by atoms with Gasteiger partial charge >= 0.3 is 0 Å². The van der Waals surface area contributed by atoms with Gasteiger partial charge in [-0.05, 0) is 30.2 Å². The van der Waals surface area contributed by atoms with Crippen molar-refractivity contribution >= 4 is 16.5 Å². The second-order valence-electron chi connectivity index (χ2n) is 6.64. The van der Waals surface area contributed by atoms with Gasteiger partial charge in [0.15, 0.2) is 0 Å². The SMILES string of the molecule is CC(C)N(C)c1c(C(C)(C)C)ccc2ccccc12. The van der Waals surface area contributed by atoms with Gasteiger partial charge in [-0.15, -0.1) is 0 Å². The second kappa shape index (κ2) is 4.88. The summed E-state index contributed by atoms with van der Waals surface area (Å²) in [5.41, 5.74) is 2.95. The molecule has 0 N–H and O–H groups in total. The van der Waals surface area contributed by atoms with E-state index in [1.807, 2.05) is 0 Å². The summed E-state index contributed by atoms with van der Waals surface area (Å²) in [6, 6.07) is 13.7. The highest BCUT2D eigenvalue weighted by molar-refractivity contribution is 5.96. The van der Waals surface area contributed by atoms with E-state index in [1.165, 1.54) is 22.0 Å². The zero-order chi connectivity index (χ0) is 14.2. The Balaban J connectivity index is 2.79. The standard InChI is InChI=1S/C18H25N/c1-13(2)19(6)17-15-10-8-7-9-14(15)11-12-16(17)18(3,4)5/h7-13H,1-6H3. The van der Waals surface area contributed by atoms with Crippen molar-refractivity contribution in [3.63, 3.8) is 0 Å². The van der Waals surface area contributed by atoms with Gasteiger partial charge in [-0.25, -0.2) is 0 Å². The lowest BCUT2D eigenvalue weighted by Crippen LogP contribution is -2.29. The van der Waals surface area contributed by atoms with Crippen molar-refractivity contribution in [2.75, 3.05) is 11.9 Å². The summed E-state index contributed by atoms with van der Waals surface area (Å²) in [6.07, 6.45) is 0. The van der Waals surface area contributed by atoms with E-state index >= 15 is 0 Å². The minimum atomic E-state index is 0.155. The summed E-state index contributed by atoms with van der Waals surface area (Å²) in [5, 5.41) is 2.67. The summed E-state index contributed by atoms with van der Waals surface area (Å²) in [6.45, 7) is 11.3. The van der Waals surface area contributed by atoms with Gasteiger partial charge in [-0.1, -0.05) is 57.2 Å². The molecule has 2 rings (SSSR count). The van der Waals surface area contributed by atoms with Crippen molar-refractivity contribution < 1.29 is 0 Å². The molecule has 1 nitrogen and oxygen atoms in total. The summed E-state index contributed by atoms with van der Waals surface area (Å²) in [5.74, 6) is 0. The van der Waals surface area contributed by atoms with Gasteiger partial charge in [-0.3, -0.25) is 0 Å². The van der Waals surface area contributed by atoms with E-state index in [1.54, 1.807) is 0 Å². The van der Waals surface area contributed by atoms with Gasteiger partial charge in [-0.2, -0.15) is 0 Å². The van der Waals surface area contributed by atoms with Crippen LogP contribution in [0.1, 0.15) is 40.2 Å². The van der Waals surface area contributed by atoms with Crippen molar-refractivity contribution in [1.82, 2.24) is 0 Å². The molecular formula is C18H25N. The van der Waals surface area contributed by atoms with Crippen LogP contribution in [0.15, 0.2) is 36.4 Å². The molecule has 0 aliphatic heterocycles. The van der Waals surface area contributed by atoms with E-state index in [0.717, 1.165) is 0 Å². The largest absolute Gasteiger partial charge is 0.371 e. The van der Waals surface area contributed by atoms with Crippen molar-refractivity contribution in [3.8, 4) is 0 Å². The van der Waals surface area contributed by atoms with Crippen molar-refractivity contribution in [3.05, 3.63) is 42.0 Å². The Bertz CT molecular complexity index is 576. The van der Waals surface area contributed by atoms with Crippen LogP contribution >= 0.6 is 0 Å². The first-order valence-electron chi connectivity index (χ1n) is 7.07. The highest BCUT2D eigenvalue weighted by atomic mass is 15.1. The first-order valence-corrected chi connectivity index (χ1v) is 7.07. The fourth-order valence-electron chi connectivity index (χ4n) is 2.50. The average Bonchev–Trinajstić information content (AvgIpc) is 2.35. The predicted octanol–water partition coefficient (Wildman–Crippen LogP) is 4.98. The zero-order valence-electron chi connectivity index (χ0n) is 13.0. The molecule has 102 valence electrons. The molecule has 0 atom stereocenters. The number of anilines is 1. The van der Waals surface area contributed by atoms with E-state index in [9.17, 15) is 0 Å². The molecule has 0 aliphatic carbocycles. The van der Waals surface area contributed by atoms with Crippen LogP contribution in [0.5, 0.6) is 0 Å². The lowest BCUT2D eigenvalue weighted by molar-refractivity contribution is 0.586. The predicted molar refractivity (Wildman–Crippen MR) is 86.2 cm³/mol. The maximum Gasteiger partial charge on any atom is 0.0483 e. The Morgan fingerprint density at radius 3 is 2.16 bits per heavy atom. The molecule has 0 spiro atoms. The lowest BCUT2D eigenvalue weighted by atomic mass is 9.83. The van der Waals surface area contributed by atoms with Crippen LogP contribution in [0.3, 0.4) is 0 Å². The molecule has 0 aliphatic rings. The number of benzene rings is 2. The van der Waals surface area contributed by atoms with Gasteiger partial charge in [0, 0.05) is 24.2 Å². The second-order valence-corrected chi connectivity index (χ2v) is 6.64. The molecule has 0 unspecified atom stereocenters. The lowest BCUT2D eigenvalue weighted by Gasteiger charge is -2.32. The summed E-state index contributed by atoms with van der Waals surface area (Å²) in [7, 11) is 2.20. The zero-order valence-corrected chi connectivity index (χ0v) is 13.0. The summed E-state index contributed by atoms with van der Waals surface area (Å²) >= 11 is 0. The van der Waals surface area contributed by atoms with Crippen LogP contribution in [-0.4, -0.2) is 13.1 Å². The van der Waals surface area contributed by atoms with Crippen LogP contribution < -0.4 is 4.90 Å². The Hall–Kier alpha value is -1.50. The number of nitrogens with zero attached hydrogens (tertiary/aromatic N) is 1. The van der Waals surface area contributed by atoms with E-state index in [2.05, 4.69) is 83.0 Å². The minimum absolute atomic E-state index is 0.155. The van der Waals surface area contributed by atoms with E-state index < -0.39 is 0 Å². The number of hydrogen-bond donors (Lipinski definition) is 0. The molecule has 0 radical (unpaired) electrons. The smallest absolute Gasteiger partial charge is 0.0483 e. The molecule has 0 bridgehead atoms. The molecule has 0 amide bonds. The molecule has 0 aromatic heterocycles. The maximum atomic E-state index is 2.39. The van der Waals surface area contributed by atoms with Gasteiger partial charge in [0.1, 0.15) is 0 Å². The highest BCUT2D eigenvalue weighted by Gasteiger charge is 2.22. The third kappa shape index (κ3) is 2.60. The fourth-order valence-corrected chi connectivity index (χ4v) is 2.50. The van der Waals surface area contributed by atoms with Crippen LogP contribution in [0, 0.1) is 0 Å². The minimum Gasteiger partial charge on any atom is -0.371 e. The Morgan fingerprint density at radius 2 is 1.58 bits per heavy atom. The molecule has 1 heteroatoms.